The van der Waals surface area contributed by atoms with E-state index in [0.29, 0.717) is 9.75 Å². The Labute approximate surface area is 135 Å². The second-order valence-corrected chi connectivity index (χ2v) is 6.67. The maximum atomic E-state index is 12.8. The number of hydrogen-bond acceptors (Lipinski definition) is 3. The molecule has 0 bridgehead atoms. The summed E-state index contributed by atoms with van der Waals surface area (Å²) in [6.07, 6.45) is -1.33. The van der Waals surface area contributed by atoms with Crippen molar-refractivity contribution in [2.75, 3.05) is 13.1 Å². The highest BCUT2D eigenvalue weighted by Gasteiger charge is 2.36. The maximum absolute atomic E-state index is 12.8. The molecule has 1 amide bonds. The first-order valence-electron chi connectivity index (χ1n) is 7.39. The zero-order chi connectivity index (χ0) is 16.6. The van der Waals surface area contributed by atoms with Gasteiger partial charge in [-0.25, -0.2) is 0 Å². The molecule has 0 radical (unpaired) electrons. The number of thiophene rings is 1. The van der Waals surface area contributed by atoms with Crippen molar-refractivity contribution in [3.63, 3.8) is 0 Å². The lowest BCUT2D eigenvalue weighted by molar-refractivity contribution is -0.141. The predicted molar refractivity (Wildman–Crippen MR) is 81.4 cm³/mol. The van der Waals surface area contributed by atoms with E-state index >= 15 is 0 Å². The van der Waals surface area contributed by atoms with Crippen LogP contribution in [0.1, 0.15) is 40.2 Å². The fraction of sp³-hybridized carbons (Fsp3) is 0.467. The summed E-state index contributed by atoms with van der Waals surface area (Å²) in [5, 5.41) is 5.83. The van der Waals surface area contributed by atoms with Crippen LogP contribution in [0.3, 0.4) is 0 Å². The van der Waals surface area contributed by atoms with Crippen molar-refractivity contribution < 1.29 is 18.0 Å². The molecule has 1 N–H and O–H groups in total. The summed E-state index contributed by atoms with van der Waals surface area (Å²) < 4.78 is 38.5. The first-order valence-corrected chi connectivity index (χ1v) is 8.21. The summed E-state index contributed by atoms with van der Waals surface area (Å²) in [7, 11) is 0. The molecule has 3 rings (SSSR count). The molecule has 2 aromatic heterocycles. The van der Waals surface area contributed by atoms with Crippen molar-refractivity contribution in [2.45, 2.75) is 32.4 Å². The van der Waals surface area contributed by atoms with Gasteiger partial charge in [-0.2, -0.15) is 18.3 Å². The van der Waals surface area contributed by atoms with Crippen molar-refractivity contribution in [3.05, 3.63) is 28.3 Å². The van der Waals surface area contributed by atoms with Gasteiger partial charge < -0.3 is 4.90 Å². The standard InChI is InChI=1S/C15H16F3N3OS/c1-9-12(19-20-13(9)15(16,17)18)10-5-6-11(23-10)14(22)21-7-3-2-4-8-21/h5-6H,2-4,7-8H2,1H3,(H,19,20). The number of H-pyrrole nitrogens is 1. The molecule has 0 unspecified atom stereocenters. The molecule has 124 valence electrons. The Balaban J connectivity index is 1.85. The van der Waals surface area contributed by atoms with Gasteiger partial charge in [0.25, 0.3) is 5.91 Å². The average Bonchev–Trinajstić information content (AvgIpc) is 3.13. The molecule has 0 spiro atoms. The number of halogens is 3. The number of likely N-dealkylation sites (tertiary alicyclic amines) is 1. The second-order valence-electron chi connectivity index (χ2n) is 5.59. The SMILES string of the molecule is Cc1c(-c2ccc(C(=O)N3CCCCC3)s2)n[nH]c1C(F)(F)F. The zero-order valence-electron chi connectivity index (χ0n) is 12.5. The zero-order valence-corrected chi connectivity index (χ0v) is 13.4. The lowest BCUT2D eigenvalue weighted by Gasteiger charge is -2.26. The quantitative estimate of drug-likeness (QED) is 0.893. The molecule has 2 aromatic rings. The molecule has 1 aliphatic rings. The van der Waals surface area contributed by atoms with Gasteiger partial charge in [-0.3, -0.25) is 9.89 Å². The predicted octanol–water partition coefficient (Wildman–Crippen LogP) is 4.09. The van der Waals surface area contributed by atoms with Crippen LogP contribution < -0.4 is 0 Å². The highest BCUT2D eigenvalue weighted by molar-refractivity contribution is 7.17. The van der Waals surface area contributed by atoms with E-state index in [2.05, 4.69) is 10.2 Å². The smallest absolute Gasteiger partial charge is 0.338 e. The van der Waals surface area contributed by atoms with Crippen molar-refractivity contribution in [1.82, 2.24) is 15.1 Å². The first kappa shape index (κ1) is 16.0. The molecule has 23 heavy (non-hydrogen) atoms. The molecule has 3 heterocycles. The summed E-state index contributed by atoms with van der Waals surface area (Å²) in [5.41, 5.74) is -0.541. The lowest BCUT2D eigenvalue weighted by atomic mass is 10.1. The van der Waals surface area contributed by atoms with Crippen LogP contribution in [0.25, 0.3) is 10.6 Å². The monoisotopic (exact) mass is 343 g/mol. The van der Waals surface area contributed by atoms with Gasteiger partial charge in [0.05, 0.1) is 9.75 Å². The van der Waals surface area contributed by atoms with Gasteiger partial charge in [0.2, 0.25) is 0 Å². The van der Waals surface area contributed by atoms with Crippen molar-refractivity contribution >= 4 is 17.2 Å². The molecule has 1 saturated heterocycles. The number of hydrogen-bond donors (Lipinski definition) is 1. The number of amides is 1. The summed E-state index contributed by atoms with van der Waals surface area (Å²) in [5.74, 6) is -0.0508. The summed E-state index contributed by atoms with van der Waals surface area (Å²) in [4.78, 5) is 15.3. The van der Waals surface area contributed by atoms with E-state index in [1.807, 2.05) is 0 Å². The Bertz CT molecular complexity index is 714. The summed E-state index contributed by atoms with van der Waals surface area (Å²) in [6, 6.07) is 3.32. The third-order valence-electron chi connectivity index (χ3n) is 3.99. The van der Waals surface area contributed by atoms with Crippen LogP contribution in [-0.2, 0) is 6.18 Å². The minimum absolute atomic E-state index is 0.0508. The number of aromatic nitrogens is 2. The van der Waals surface area contributed by atoms with E-state index in [-0.39, 0.29) is 17.2 Å². The number of nitrogens with one attached hydrogen (secondary N) is 1. The van der Waals surface area contributed by atoms with E-state index in [1.54, 1.807) is 17.0 Å². The highest BCUT2D eigenvalue weighted by atomic mass is 32.1. The minimum Gasteiger partial charge on any atom is -0.338 e. The van der Waals surface area contributed by atoms with Crippen LogP contribution in [0.5, 0.6) is 0 Å². The van der Waals surface area contributed by atoms with E-state index in [4.69, 9.17) is 0 Å². The number of aromatic amines is 1. The Morgan fingerprint density at radius 2 is 1.96 bits per heavy atom. The van der Waals surface area contributed by atoms with E-state index < -0.39 is 11.9 Å². The van der Waals surface area contributed by atoms with Crippen molar-refractivity contribution in [3.8, 4) is 10.6 Å². The molecule has 4 nitrogen and oxygen atoms in total. The van der Waals surface area contributed by atoms with Gasteiger partial charge in [0.15, 0.2) is 0 Å². The third kappa shape index (κ3) is 3.12. The van der Waals surface area contributed by atoms with Gasteiger partial charge in [-0.15, -0.1) is 11.3 Å². The molecule has 0 aromatic carbocycles. The Hall–Kier alpha value is -1.83. The lowest BCUT2D eigenvalue weighted by Crippen LogP contribution is -2.35. The van der Waals surface area contributed by atoms with Crippen LogP contribution in [0.15, 0.2) is 12.1 Å². The number of rotatable bonds is 2. The van der Waals surface area contributed by atoms with Crippen molar-refractivity contribution in [1.29, 1.82) is 0 Å². The number of carbonyl (C=O) groups is 1. The largest absolute Gasteiger partial charge is 0.433 e. The van der Waals surface area contributed by atoms with Crippen LogP contribution >= 0.6 is 11.3 Å². The van der Waals surface area contributed by atoms with Crippen LogP contribution in [0.2, 0.25) is 0 Å². The van der Waals surface area contributed by atoms with Gasteiger partial charge in [0, 0.05) is 18.7 Å². The molecular weight excluding hydrogens is 327 g/mol. The molecule has 0 aliphatic carbocycles. The molecule has 0 saturated carbocycles. The minimum atomic E-state index is -4.46. The first-order chi connectivity index (χ1) is 10.9. The van der Waals surface area contributed by atoms with E-state index in [9.17, 15) is 18.0 Å². The molecular formula is C15H16F3N3OS. The van der Waals surface area contributed by atoms with Gasteiger partial charge in [-0.1, -0.05) is 0 Å². The van der Waals surface area contributed by atoms with E-state index in [1.165, 1.54) is 18.3 Å². The molecule has 1 fully saturated rings. The number of piperidine rings is 1. The van der Waals surface area contributed by atoms with Crippen molar-refractivity contribution in [2.24, 2.45) is 0 Å². The van der Waals surface area contributed by atoms with E-state index in [0.717, 1.165) is 32.4 Å². The molecule has 8 heteroatoms. The fourth-order valence-corrected chi connectivity index (χ4v) is 3.77. The summed E-state index contributed by atoms with van der Waals surface area (Å²) >= 11 is 1.18. The maximum Gasteiger partial charge on any atom is 0.433 e. The highest BCUT2D eigenvalue weighted by Crippen LogP contribution is 2.36. The third-order valence-corrected chi connectivity index (χ3v) is 5.07. The van der Waals surface area contributed by atoms with Crippen LogP contribution in [0.4, 0.5) is 13.2 Å². The summed E-state index contributed by atoms with van der Waals surface area (Å²) in [6.45, 7) is 2.87. The normalized spacial score (nSPS) is 15.9. The second kappa shape index (κ2) is 5.99. The Kier molecular flexibility index (Phi) is 4.18. The number of carbonyl (C=O) groups excluding carboxylic acids is 1. The number of nitrogens with zero attached hydrogens (tertiary/aromatic N) is 2. The number of alkyl halides is 3. The van der Waals surface area contributed by atoms with Crippen LogP contribution in [-0.4, -0.2) is 34.1 Å². The molecule has 1 aliphatic heterocycles. The Morgan fingerprint density at radius 1 is 1.26 bits per heavy atom. The van der Waals surface area contributed by atoms with Gasteiger partial charge in [-0.05, 0) is 38.3 Å². The molecule has 0 atom stereocenters. The van der Waals surface area contributed by atoms with Gasteiger partial charge >= 0.3 is 6.18 Å². The van der Waals surface area contributed by atoms with Crippen LogP contribution in [0, 0.1) is 6.92 Å². The average molecular weight is 343 g/mol. The fourth-order valence-electron chi connectivity index (χ4n) is 2.75. The van der Waals surface area contributed by atoms with Gasteiger partial charge in [0.1, 0.15) is 11.4 Å². The Morgan fingerprint density at radius 3 is 2.57 bits per heavy atom. The topological polar surface area (TPSA) is 49.0 Å².